The van der Waals surface area contributed by atoms with E-state index >= 15 is 0 Å². The molecule has 1 N–H and O–H groups in total. The van der Waals surface area contributed by atoms with E-state index in [4.69, 9.17) is 25.7 Å². The van der Waals surface area contributed by atoms with Gasteiger partial charge in [-0.25, -0.2) is 0 Å². The van der Waals surface area contributed by atoms with Gasteiger partial charge in [0.2, 0.25) is 0 Å². The first kappa shape index (κ1) is 16.5. The summed E-state index contributed by atoms with van der Waals surface area (Å²) in [6.45, 7) is 3.57. The minimum absolute atomic E-state index is 0.212. The van der Waals surface area contributed by atoms with Crippen molar-refractivity contribution in [1.29, 1.82) is 0 Å². The first-order valence-corrected chi connectivity index (χ1v) is 7.22. The molecule has 0 amide bonds. The second-order valence-corrected chi connectivity index (χ2v) is 4.85. The van der Waals surface area contributed by atoms with E-state index in [0.717, 1.165) is 58.5 Å². The normalized spacial score (nSPS) is 26.9. The molecular weight excluding hydrogens is 244 g/mol. The highest BCUT2D eigenvalue weighted by Crippen LogP contribution is 2.16. The van der Waals surface area contributed by atoms with Gasteiger partial charge in [-0.3, -0.25) is 0 Å². The highest BCUT2D eigenvalue weighted by Gasteiger charge is 2.21. The molecule has 0 aromatic carbocycles. The van der Waals surface area contributed by atoms with Crippen molar-refractivity contribution in [3.05, 3.63) is 0 Å². The molecule has 19 heavy (non-hydrogen) atoms. The van der Waals surface area contributed by atoms with Crippen molar-refractivity contribution in [3.8, 4) is 12.3 Å². The highest BCUT2D eigenvalue weighted by atomic mass is 16.6. The number of ether oxygens (including phenoxy) is 3. The second kappa shape index (κ2) is 11.2. The second-order valence-electron chi connectivity index (χ2n) is 4.85. The van der Waals surface area contributed by atoms with Crippen LogP contribution in [0, 0.1) is 12.3 Å². The van der Waals surface area contributed by atoms with E-state index < -0.39 is 0 Å². The molecule has 2 aliphatic rings. The summed E-state index contributed by atoms with van der Waals surface area (Å²) in [5, 5.41) is 8.10. The smallest absolute Gasteiger partial charge is 0.0814 e. The molecule has 0 saturated carbocycles. The van der Waals surface area contributed by atoms with Crippen LogP contribution in [0.25, 0.3) is 0 Å². The number of aliphatic hydroxyl groups is 1. The van der Waals surface area contributed by atoms with Crippen LogP contribution in [0.5, 0.6) is 0 Å². The van der Waals surface area contributed by atoms with E-state index in [1.54, 1.807) is 0 Å². The Labute approximate surface area is 116 Å². The van der Waals surface area contributed by atoms with Crippen molar-refractivity contribution in [2.24, 2.45) is 0 Å². The van der Waals surface area contributed by atoms with Gasteiger partial charge in [0.25, 0.3) is 0 Å². The number of rotatable bonds is 4. The van der Waals surface area contributed by atoms with Gasteiger partial charge in [0.05, 0.1) is 25.4 Å². The molecule has 0 spiro atoms. The van der Waals surface area contributed by atoms with Crippen LogP contribution in [0.3, 0.4) is 0 Å². The lowest BCUT2D eigenvalue weighted by atomic mass is 10.1. The van der Waals surface area contributed by atoms with Crippen molar-refractivity contribution < 1.29 is 19.3 Å². The van der Waals surface area contributed by atoms with Crippen LogP contribution in [-0.4, -0.2) is 50.3 Å². The van der Waals surface area contributed by atoms with Gasteiger partial charge in [-0.15, -0.1) is 12.3 Å². The molecule has 4 heteroatoms. The Kier molecular flexibility index (Phi) is 9.74. The third kappa shape index (κ3) is 8.22. The zero-order valence-electron chi connectivity index (χ0n) is 11.7. The third-order valence-electron chi connectivity index (χ3n) is 3.10. The summed E-state index contributed by atoms with van der Waals surface area (Å²) in [4.78, 5) is 0. The average Bonchev–Trinajstić information content (AvgIpc) is 2.48. The van der Waals surface area contributed by atoms with Crippen molar-refractivity contribution >= 4 is 0 Å². The van der Waals surface area contributed by atoms with E-state index in [2.05, 4.69) is 5.92 Å². The van der Waals surface area contributed by atoms with Gasteiger partial charge in [-0.2, -0.15) is 0 Å². The molecule has 2 unspecified atom stereocenters. The molecule has 0 radical (unpaired) electrons. The molecular formula is C15H26O4. The Morgan fingerprint density at radius 2 is 1.68 bits per heavy atom. The van der Waals surface area contributed by atoms with Gasteiger partial charge in [0.15, 0.2) is 0 Å². The lowest BCUT2D eigenvalue weighted by molar-refractivity contribution is -0.121. The minimum Gasteiger partial charge on any atom is -0.396 e. The van der Waals surface area contributed by atoms with Crippen LogP contribution in [-0.2, 0) is 14.2 Å². The molecule has 2 rings (SSSR count). The van der Waals surface area contributed by atoms with E-state index in [1.807, 2.05) is 0 Å². The van der Waals surface area contributed by atoms with Crippen molar-refractivity contribution in [2.75, 3.05) is 33.0 Å². The van der Waals surface area contributed by atoms with Gasteiger partial charge in [-0.05, 0) is 32.1 Å². The number of aliphatic hydroxyl groups excluding tert-OH is 1. The predicted octanol–water partition coefficient (Wildman–Crippen LogP) is 1.75. The largest absolute Gasteiger partial charge is 0.396 e. The number of terminal acetylenes is 1. The van der Waals surface area contributed by atoms with E-state index in [-0.39, 0.29) is 6.61 Å². The van der Waals surface area contributed by atoms with Crippen LogP contribution in [0.2, 0.25) is 0 Å². The standard InChI is InChI=1S/C10H18O3.C5H8O/c1-3-9(7-11-5-1)13-10-4-2-6-12-8-10;1-2-3-4-5-6/h9-10H,1-8H2;1,6H,3-5H2. The monoisotopic (exact) mass is 270 g/mol. The number of unbranched alkanes of at least 4 members (excludes halogenated alkanes) is 1. The molecule has 2 saturated heterocycles. The summed E-state index contributed by atoms with van der Waals surface area (Å²) in [6.07, 6.45) is 11.5. The molecule has 0 aromatic heterocycles. The van der Waals surface area contributed by atoms with Gasteiger partial charge < -0.3 is 19.3 Å². The van der Waals surface area contributed by atoms with Crippen LogP contribution < -0.4 is 0 Å². The summed E-state index contributed by atoms with van der Waals surface area (Å²) in [6, 6.07) is 0. The van der Waals surface area contributed by atoms with Gasteiger partial charge >= 0.3 is 0 Å². The lowest BCUT2D eigenvalue weighted by Crippen LogP contribution is -2.34. The molecule has 4 nitrogen and oxygen atoms in total. The topological polar surface area (TPSA) is 47.9 Å². The molecule has 0 aliphatic carbocycles. The summed E-state index contributed by atoms with van der Waals surface area (Å²) >= 11 is 0. The lowest BCUT2D eigenvalue weighted by Gasteiger charge is -2.29. The van der Waals surface area contributed by atoms with E-state index in [1.165, 1.54) is 0 Å². The number of hydrogen-bond donors (Lipinski definition) is 1. The summed E-state index contributed by atoms with van der Waals surface area (Å²) in [5.74, 6) is 2.41. The summed E-state index contributed by atoms with van der Waals surface area (Å²) in [5.41, 5.74) is 0. The number of hydrogen-bond acceptors (Lipinski definition) is 4. The first-order valence-electron chi connectivity index (χ1n) is 7.22. The summed E-state index contributed by atoms with van der Waals surface area (Å²) < 4.78 is 16.6. The maximum atomic E-state index is 8.10. The zero-order chi connectivity index (χ0) is 13.8. The molecule has 2 fully saturated rings. The fourth-order valence-corrected chi connectivity index (χ4v) is 2.09. The molecule has 2 heterocycles. The highest BCUT2D eigenvalue weighted by molar-refractivity contribution is 4.82. The van der Waals surface area contributed by atoms with Gasteiger partial charge in [-0.1, -0.05) is 0 Å². The Morgan fingerprint density at radius 1 is 1.11 bits per heavy atom. The Balaban J connectivity index is 0.000000258. The van der Waals surface area contributed by atoms with Crippen LogP contribution in [0.15, 0.2) is 0 Å². The van der Waals surface area contributed by atoms with Crippen molar-refractivity contribution in [2.45, 2.75) is 50.7 Å². The molecule has 110 valence electrons. The van der Waals surface area contributed by atoms with E-state index in [9.17, 15) is 0 Å². The van der Waals surface area contributed by atoms with Gasteiger partial charge in [0.1, 0.15) is 0 Å². The summed E-state index contributed by atoms with van der Waals surface area (Å²) in [7, 11) is 0. The minimum atomic E-state index is 0.212. The third-order valence-corrected chi connectivity index (χ3v) is 3.10. The van der Waals surface area contributed by atoms with E-state index in [0.29, 0.717) is 18.6 Å². The first-order chi connectivity index (χ1) is 9.36. The van der Waals surface area contributed by atoms with Gasteiger partial charge in [0, 0.05) is 26.2 Å². The fourth-order valence-electron chi connectivity index (χ4n) is 2.09. The Morgan fingerprint density at radius 3 is 2.00 bits per heavy atom. The maximum absolute atomic E-state index is 8.10. The Bertz CT molecular complexity index is 221. The maximum Gasteiger partial charge on any atom is 0.0814 e. The molecule has 0 aromatic rings. The predicted molar refractivity (Wildman–Crippen MR) is 73.9 cm³/mol. The van der Waals surface area contributed by atoms with Crippen molar-refractivity contribution in [3.63, 3.8) is 0 Å². The fraction of sp³-hybridized carbons (Fsp3) is 0.867. The molecule has 0 bridgehead atoms. The zero-order valence-corrected chi connectivity index (χ0v) is 11.7. The molecule has 2 aliphatic heterocycles. The van der Waals surface area contributed by atoms with Crippen molar-refractivity contribution in [1.82, 2.24) is 0 Å². The van der Waals surface area contributed by atoms with Crippen LogP contribution in [0.4, 0.5) is 0 Å². The average molecular weight is 270 g/mol. The van der Waals surface area contributed by atoms with Crippen LogP contribution >= 0.6 is 0 Å². The Hall–Kier alpha value is -0.600. The molecule has 2 atom stereocenters. The SMILES string of the molecule is C#CCCCO.C1COCC(OC2CCCOC2)C1. The quantitative estimate of drug-likeness (QED) is 0.624. The van der Waals surface area contributed by atoms with Crippen LogP contribution in [0.1, 0.15) is 38.5 Å².